The van der Waals surface area contributed by atoms with E-state index in [1.807, 2.05) is 0 Å². The number of carbonyl (C=O) groups is 1. The van der Waals surface area contributed by atoms with Crippen molar-refractivity contribution in [3.63, 3.8) is 0 Å². The topological polar surface area (TPSA) is 83.7 Å². The first-order valence-electron chi connectivity index (χ1n) is 6.79. The SMILES string of the molecule is CCC1CCCN(c2ccc([N+](=O)[O-])c(C(=O)O)c2)C1. The zero-order chi connectivity index (χ0) is 14.7. The van der Waals surface area contributed by atoms with E-state index in [-0.39, 0.29) is 11.3 Å². The van der Waals surface area contributed by atoms with E-state index in [0.717, 1.165) is 31.6 Å². The van der Waals surface area contributed by atoms with Crippen LogP contribution in [0, 0.1) is 16.0 Å². The average Bonchev–Trinajstić information content (AvgIpc) is 2.46. The second kappa shape index (κ2) is 5.90. The molecule has 1 N–H and O–H groups in total. The Morgan fingerprint density at radius 1 is 1.55 bits per heavy atom. The first-order chi connectivity index (χ1) is 9.52. The summed E-state index contributed by atoms with van der Waals surface area (Å²) in [6.07, 6.45) is 3.35. The quantitative estimate of drug-likeness (QED) is 0.676. The lowest BCUT2D eigenvalue weighted by Gasteiger charge is -2.34. The molecule has 0 aliphatic carbocycles. The minimum absolute atomic E-state index is 0.244. The van der Waals surface area contributed by atoms with Gasteiger partial charge in [-0.05, 0) is 30.9 Å². The molecule has 1 aromatic rings. The number of rotatable bonds is 4. The van der Waals surface area contributed by atoms with Gasteiger partial charge in [0.05, 0.1) is 4.92 Å². The van der Waals surface area contributed by atoms with Crippen molar-refractivity contribution in [2.24, 2.45) is 5.92 Å². The molecule has 108 valence electrons. The number of nitrogens with zero attached hydrogens (tertiary/aromatic N) is 2. The maximum Gasteiger partial charge on any atom is 0.342 e. The van der Waals surface area contributed by atoms with E-state index >= 15 is 0 Å². The Balaban J connectivity index is 2.31. The van der Waals surface area contributed by atoms with Crippen LogP contribution in [0.25, 0.3) is 0 Å². The van der Waals surface area contributed by atoms with E-state index in [2.05, 4.69) is 11.8 Å². The summed E-state index contributed by atoms with van der Waals surface area (Å²) >= 11 is 0. The lowest BCUT2D eigenvalue weighted by molar-refractivity contribution is -0.385. The van der Waals surface area contributed by atoms with Crippen LogP contribution in [0.5, 0.6) is 0 Å². The highest BCUT2D eigenvalue weighted by molar-refractivity contribution is 5.93. The van der Waals surface area contributed by atoms with E-state index in [1.54, 1.807) is 6.07 Å². The first kappa shape index (κ1) is 14.3. The molecule has 0 saturated carbocycles. The third-order valence-corrected chi connectivity index (χ3v) is 3.87. The molecule has 6 heteroatoms. The molecule has 0 aromatic heterocycles. The number of aromatic carboxylic acids is 1. The van der Waals surface area contributed by atoms with Crippen molar-refractivity contribution in [3.8, 4) is 0 Å². The molecule has 1 aliphatic rings. The van der Waals surface area contributed by atoms with Gasteiger partial charge < -0.3 is 10.0 Å². The number of hydrogen-bond acceptors (Lipinski definition) is 4. The van der Waals surface area contributed by atoms with Crippen molar-refractivity contribution in [1.29, 1.82) is 0 Å². The van der Waals surface area contributed by atoms with Gasteiger partial charge in [-0.1, -0.05) is 13.3 Å². The number of carboxylic acids is 1. The van der Waals surface area contributed by atoms with Crippen molar-refractivity contribution < 1.29 is 14.8 Å². The second-order valence-corrected chi connectivity index (χ2v) is 5.13. The molecule has 0 bridgehead atoms. The lowest BCUT2D eigenvalue weighted by Crippen LogP contribution is -2.35. The lowest BCUT2D eigenvalue weighted by atomic mass is 9.95. The van der Waals surface area contributed by atoms with Gasteiger partial charge in [-0.15, -0.1) is 0 Å². The number of anilines is 1. The molecule has 1 aromatic carbocycles. The summed E-state index contributed by atoms with van der Waals surface area (Å²) in [5.41, 5.74) is 0.155. The van der Waals surface area contributed by atoms with Gasteiger partial charge in [0.2, 0.25) is 0 Å². The Morgan fingerprint density at radius 2 is 2.30 bits per heavy atom. The zero-order valence-electron chi connectivity index (χ0n) is 11.4. The molecular formula is C14H18N2O4. The van der Waals surface area contributed by atoms with Crippen molar-refractivity contribution in [1.82, 2.24) is 0 Å². The number of piperidine rings is 1. The van der Waals surface area contributed by atoms with Gasteiger partial charge in [0.15, 0.2) is 0 Å². The summed E-state index contributed by atoms with van der Waals surface area (Å²) in [5, 5.41) is 20.0. The van der Waals surface area contributed by atoms with E-state index in [1.165, 1.54) is 18.6 Å². The fourth-order valence-corrected chi connectivity index (χ4v) is 2.68. The summed E-state index contributed by atoms with van der Waals surface area (Å²) in [7, 11) is 0. The number of nitro benzene ring substituents is 1. The molecule has 1 saturated heterocycles. The monoisotopic (exact) mass is 278 g/mol. The van der Waals surface area contributed by atoms with E-state index in [0.29, 0.717) is 5.92 Å². The van der Waals surface area contributed by atoms with Crippen LogP contribution < -0.4 is 4.90 Å². The van der Waals surface area contributed by atoms with Gasteiger partial charge in [-0.25, -0.2) is 4.79 Å². The van der Waals surface area contributed by atoms with Gasteiger partial charge in [0.1, 0.15) is 5.56 Å². The fraction of sp³-hybridized carbons (Fsp3) is 0.500. The molecule has 0 spiro atoms. The summed E-state index contributed by atoms with van der Waals surface area (Å²) in [6.45, 7) is 3.90. The molecule has 1 fully saturated rings. The summed E-state index contributed by atoms with van der Waals surface area (Å²) < 4.78 is 0. The van der Waals surface area contributed by atoms with Crippen LogP contribution in [0.3, 0.4) is 0 Å². The predicted molar refractivity (Wildman–Crippen MR) is 75.3 cm³/mol. The number of carboxylic acid groups (broad SMARTS) is 1. The van der Waals surface area contributed by atoms with Crippen LogP contribution in [-0.2, 0) is 0 Å². The molecule has 1 atom stereocenters. The Kier molecular flexibility index (Phi) is 4.22. The third-order valence-electron chi connectivity index (χ3n) is 3.87. The van der Waals surface area contributed by atoms with Gasteiger partial charge in [0, 0.05) is 24.8 Å². The molecule has 1 aliphatic heterocycles. The van der Waals surface area contributed by atoms with Crippen LogP contribution >= 0.6 is 0 Å². The smallest absolute Gasteiger partial charge is 0.342 e. The van der Waals surface area contributed by atoms with E-state index in [9.17, 15) is 14.9 Å². The number of benzene rings is 1. The van der Waals surface area contributed by atoms with Crippen LogP contribution in [0.2, 0.25) is 0 Å². The van der Waals surface area contributed by atoms with Crippen molar-refractivity contribution >= 4 is 17.3 Å². The van der Waals surface area contributed by atoms with Crippen LogP contribution in [-0.4, -0.2) is 29.1 Å². The highest BCUT2D eigenvalue weighted by atomic mass is 16.6. The van der Waals surface area contributed by atoms with Gasteiger partial charge in [-0.2, -0.15) is 0 Å². The number of nitro groups is 1. The second-order valence-electron chi connectivity index (χ2n) is 5.13. The van der Waals surface area contributed by atoms with Gasteiger partial charge in [-0.3, -0.25) is 10.1 Å². The zero-order valence-corrected chi connectivity index (χ0v) is 11.4. The van der Waals surface area contributed by atoms with Crippen molar-refractivity contribution in [2.75, 3.05) is 18.0 Å². The normalized spacial score (nSPS) is 18.9. The summed E-state index contributed by atoms with van der Waals surface area (Å²) in [5.74, 6) is -0.658. The Bertz CT molecular complexity index is 530. The molecule has 0 radical (unpaired) electrons. The largest absolute Gasteiger partial charge is 0.477 e. The minimum atomic E-state index is -1.26. The molecule has 1 unspecified atom stereocenters. The van der Waals surface area contributed by atoms with E-state index in [4.69, 9.17) is 5.11 Å². The highest BCUT2D eigenvalue weighted by Crippen LogP contribution is 2.29. The summed E-state index contributed by atoms with van der Waals surface area (Å²) in [6, 6.07) is 4.34. The van der Waals surface area contributed by atoms with Crippen LogP contribution in [0.1, 0.15) is 36.5 Å². The van der Waals surface area contributed by atoms with Gasteiger partial charge >= 0.3 is 5.97 Å². The Morgan fingerprint density at radius 3 is 2.90 bits per heavy atom. The van der Waals surface area contributed by atoms with Crippen LogP contribution in [0.15, 0.2) is 18.2 Å². The first-order valence-corrected chi connectivity index (χ1v) is 6.79. The average molecular weight is 278 g/mol. The highest BCUT2D eigenvalue weighted by Gasteiger charge is 2.24. The third kappa shape index (κ3) is 2.89. The summed E-state index contributed by atoms with van der Waals surface area (Å²) in [4.78, 5) is 23.5. The Hall–Kier alpha value is -2.11. The fourth-order valence-electron chi connectivity index (χ4n) is 2.68. The molecule has 2 rings (SSSR count). The molecule has 20 heavy (non-hydrogen) atoms. The predicted octanol–water partition coefficient (Wildman–Crippen LogP) is 2.92. The Labute approximate surface area is 117 Å². The van der Waals surface area contributed by atoms with Crippen molar-refractivity contribution in [2.45, 2.75) is 26.2 Å². The van der Waals surface area contributed by atoms with Crippen LogP contribution in [0.4, 0.5) is 11.4 Å². The molecular weight excluding hydrogens is 260 g/mol. The number of hydrogen-bond donors (Lipinski definition) is 1. The maximum atomic E-state index is 11.2. The van der Waals surface area contributed by atoms with E-state index < -0.39 is 10.9 Å². The van der Waals surface area contributed by atoms with Gasteiger partial charge in [0.25, 0.3) is 5.69 Å². The van der Waals surface area contributed by atoms with Crippen molar-refractivity contribution in [3.05, 3.63) is 33.9 Å². The maximum absolute atomic E-state index is 11.2. The molecule has 6 nitrogen and oxygen atoms in total. The molecule has 1 heterocycles. The molecule has 0 amide bonds. The standard InChI is InChI=1S/C14H18N2O4/c1-2-10-4-3-7-15(9-10)11-5-6-13(16(19)20)12(8-11)14(17)18/h5-6,8,10H,2-4,7,9H2,1H3,(H,17,18). The minimum Gasteiger partial charge on any atom is -0.477 e.